The molecule has 1 fully saturated rings. The van der Waals surface area contributed by atoms with Crippen LogP contribution in [0.2, 0.25) is 5.15 Å². The van der Waals surface area contributed by atoms with E-state index in [1.165, 1.54) is 20.9 Å². The summed E-state index contributed by atoms with van der Waals surface area (Å²) >= 11 is 5.80. The number of pyridine rings is 1. The number of aromatic nitrogens is 1. The van der Waals surface area contributed by atoms with Crippen LogP contribution in [-0.4, -0.2) is 72.1 Å². The van der Waals surface area contributed by atoms with E-state index in [4.69, 9.17) is 11.6 Å². The molecule has 1 aliphatic rings. The van der Waals surface area contributed by atoms with E-state index in [0.29, 0.717) is 44.8 Å². The highest BCUT2D eigenvalue weighted by molar-refractivity contribution is 7.86. The second-order valence-corrected chi connectivity index (χ2v) is 7.47. The van der Waals surface area contributed by atoms with Gasteiger partial charge in [-0.3, -0.25) is 4.79 Å². The van der Waals surface area contributed by atoms with E-state index in [1.807, 2.05) is 13.8 Å². The van der Waals surface area contributed by atoms with Gasteiger partial charge in [0.15, 0.2) is 0 Å². The standard InChI is InChI=1S/C14H21ClN4O3S/c1-3-18(4-2)23(21,22)19-9-7-17(8-10-19)14(20)12-5-6-16-13(15)11-12/h5-6,11H,3-4,7-10H2,1-2H3. The Morgan fingerprint density at radius 1 is 1.26 bits per heavy atom. The summed E-state index contributed by atoms with van der Waals surface area (Å²) in [7, 11) is -3.45. The van der Waals surface area contributed by atoms with E-state index in [-0.39, 0.29) is 11.1 Å². The molecular formula is C14H21ClN4O3S. The number of piperazine rings is 1. The van der Waals surface area contributed by atoms with E-state index >= 15 is 0 Å². The predicted molar refractivity (Wildman–Crippen MR) is 88.6 cm³/mol. The van der Waals surface area contributed by atoms with Crippen molar-refractivity contribution >= 4 is 27.7 Å². The maximum Gasteiger partial charge on any atom is 0.282 e. The smallest absolute Gasteiger partial charge is 0.282 e. The third kappa shape index (κ3) is 4.00. The largest absolute Gasteiger partial charge is 0.336 e. The fourth-order valence-corrected chi connectivity index (χ4v) is 4.33. The molecule has 0 saturated carbocycles. The van der Waals surface area contributed by atoms with Crippen molar-refractivity contribution in [3.8, 4) is 0 Å². The lowest BCUT2D eigenvalue weighted by Crippen LogP contribution is -2.54. The molecule has 0 radical (unpaired) electrons. The molecule has 0 aliphatic carbocycles. The van der Waals surface area contributed by atoms with Gasteiger partial charge in [-0.05, 0) is 12.1 Å². The van der Waals surface area contributed by atoms with Crippen LogP contribution in [0.4, 0.5) is 0 Å². The molecule has 2 rings (SSSR count). The maximum atomic E-state index is 12.5. The van der Waals surface area contributed by atoms with Crippen molar-refractivity contribution < 1.29 is 13.2 Å². The minimum Gasteiger partial charge on any atom is -0.336 e. The van der Waals surface area contributed by atoms with E-state index in [9.17, 15) is 13.2 Å². The maximum absolute atomic E-state index is 12.5. The zero-order valence-corrected chi connectivity index (χ0v) is 14.8. The van der Waals surface area contributed by atoms with Crippen molar-refractivity contribution in [3.05, 3.63) is 29.0 Å². The summed E-state index contributed by atoms with van der Waals surface area (Å²) in [6.45, 7) is 5.81. The van der Waals surface area contributed by atoms with E-state index in [1.54, 1.807) is 11.0 Å². The van der Waals surface area contributed by atoms with Crippen LogP contribution in [0.5, 0.6) is 0 Å². The molecule has 2 heterocycles. The summed E-state index contributed by atoms with van der Waals surface area (Å²) in [4.78, 5) is 17.9. The molecule has 1 aliphatic heterocycles. The molecule has 0 spiro atoms. The molecular weight excluding hydrogens is 340 g/mol. The predicted octanol–water partition coefficient (Wildman–Crippen LogP) is 1.08. The minimum absolute atomic E-state index is 0.158. The van der Waals surface area contributed by atoms with Gasteiger partial charge >= 0.3 is 0 Å². The average Bonchev–Trinajstić information content (AvgIpc) is 2.55. The quantitative estimate of drug-likeness (QED) is 0.736. The topological polar surface area (TPSA) is 73.8 Å². The van der Waals surface area contributed by atoms with Crippen molar-refractivity contribution in [2.24, 2.45) is 0 Å². The first-order chi connectivity index (χ1) is 10.9. The zero-order valence-electron chi connectivity index (χ0n) is 13.3. The van der Waals surface area contributed by atoms with Gasteiger partial charge in [-0.25, -0.2) is 4.98 Å². The highest BCUT2D eigenvalue weighted by atomic mass is 35.5. The Balaban J connectivity index is 2.02. The normalized spacial score (nSPS) is 16.8. The van der Waals surface area contributed by atoms with Crippen LogP contribution >= 0.6 is 11.6 Å². The fraction of sp³-hybridized carbons (Fsp3) is 0.571. The summed E-state index contributed by atoms with van der Waals surface area (Å²) in [6, 6.07) is 3.12. The lowest BCUT2D eigenvalue weighted by molar-refractivity contribution is 0.0694. The Hall–Kier alpha value is -1.22. The van der Waals surface area contributed by atoms with Crippen LogP contribution in [0.1, 0.15) is 24.2 Å². The molecule has 7 nitrogen and oxygen atoms in total. The Morgan fingerprint density at radius 3 is 2.39 bits per heavy atom. The Labute approximate surface area is 142 Å². The van der Waals surface area contributed by atoms with Gasteiger partial charge in [0, 0.05) is 51.0 Å². The lowest BCUT2D eigenvalue weighted by atomic mass is 10.2. The van der Waals surface area contributed by atoms with Crippen molar-refractivity contribution in [2.75, 3.05) is 39.3 Å². The van der Waals surface area contributed by atoms with Gasteiger partial charge in [-0.1, -0.05) is 25.4 Å². The first-order valence-electron chi connectivity index (χ1n) is 7.56. The molecule has 0 unspecified atom stereocenters. The summed E-state index contributed by atoms with van der Waals surface area (Å²) in [5.74, 6) is -0.158. The fourth-order valence-electron chi connectivity index (χ4n) is 2.55. The van der Waals surface area contributed by atoms with Crippen LogP contribution in [0.15, 0.2) is 18.3 Å². The molecule has 128 valence electrons. The molecule has 1 aromatic heterocycles. The van der Waals surface area contributed by atoms with Gasteiger partial charge in [0.2, 0.25) is 0 Å². The van der Waals surface area contributed by atoms with Gasteiger partial charge in [-0.2, -0.15) is 17.0 Å². The summed E-state index contributed by atoms with van der Waals surface area (Å²) in [6.07, 6.45) is 1.48. The van der Waals surface area contributed by atoms with Crippen LogP contribution < -0.4 is 0 Å². The molecule has 0 N–H and O–H groups in total. The molecule has 23 heavy (non-hydrogen) atoms. The van der Waals surface area contributed by atoms with Gasteiger partial charge in [-0.15, -0.1) is 0 Å². The molecule has 1 saturated heterocycles. The van der Waals surface area contributed by atoms with Gasteiger partial charge in [0.25, 0.3) is 16.1 Å². The monoisotopic (exact) mass is 360 g/mol. The lowest BCUT2D eigenvalue weighted by Gasteiger charge is -2.36. The second kappa shape index (κ2) is 7.57. The Bertz CT molecular complexity index is 656. The molecule has 1 aromatic rings. The molecule has 0 aromatic carbocycles. The number of carbonyl (C=O) groups is 1. The van der Waals surface area contributed by atoms with E-state index in [2.05, 4.69) is 4.98 Å². The number of rotatable bonds is 5. The third-order valence-electron chi connectivity index (χ3n) is 3.86. The number of hydrogen-bond donors (Lipinski definition) is 0. The number of halogens is 1. The van der Waals surface area contributed by atoms with Gasteiger partial charge in [0.1, 0.15) is 5.15 Å². The highest BCUT2D eigenvalue weighted by Gasteiger charge is 2.32. The van der Waals surface area contributed by atoms with Crippen molar-refractivity contribution in [3.63, 3.8) is 0 Å². The Morgan fingerprint density at radius 2 is 1.87 bits per heavy atom. The minimum atomic E-state index is -3.45. The zero-order chi connectivity index (χ0) is 17.0. The first-order valence-corrected chi connectivity index (χ1v) is 9.33. The van der Waals surface area contributed by atoms with Crippen LogP contribution in [0.3, 0.4) is 0 Å². The van der Waals surface area contributed by atoms with Crippen LogP contribution in [0.25, 0.3) is 0 Å². The third-order valence-corrected chi connectivity index (χ3v) is 6.25. The van der Waals surface area contributed by atoms with Gasteiger partial charge < -0.3 is 4.90 Å². The second-order valence-electron chi connectivity index (χ2n) is 5.15. The van der Waals surface area contributed by atoms with Crippen molar-refractivity contribution in [2.45, 2.75) is 13.8 Å². The van der Waals surface area contributed by atoms with Crippen LogP contribution in [-0.2, 0) is 10.2 Å². The molecule has 0 atom stereocenters. The SMILES string of the molecule is CCN(CC)S(=O)(=O)N1CCN(C(=O)c2ccnc(Cl)c2)CC1. The highest BCUT2D eigenvalue weighted by Crippen LogP contribution is 2.15. The molecule has 9 heteroatoms. The first kappa shape index (κ1) is 18.1. The summed E-state index contributed by atoms with van der Waals surface area (Å²) in [5.41, 5.74) is 0.463. The number of hydrogen-bond acceptors (Lipinski definition) is 4. The Kier molecular flexibility index (Phi) is 5.96. The molecule has 0 bridgehead atoms. The number of amides is 1. The van der Waals surface area contributed by atoms with Gasteiger partial charge in [0.05, 0.1) is 0 Å². The average molecular weight is 361 g/mol. The van der Waals surface area contributed by atoms with Crippen molar-refractivity contribution in [1.82, 2.24) is 18.5 Å². The number of nitrogens with zero attached hydrogens (tertiary/aromatic N) is 4. The van der Waals surface area contributed by atoms with Crippen molar-refractivity contribution in [1.29, 1.82) is 0 Å². The van der Waals surface area contributed by atoms with E-state index in [0.717, 1.165) is 0 Å². The summed E-state index contributed by atoms with van der Waals surface area (Å²) < 4.78 is 27.8. The summed E-state index contributed by atoms with van der Waals surface area (Å²) in [5, 5.41) is 0.263. The molecule has 1 amide bonds. The number of carbonyl (C=O) groups excluding carboxylic acids is 1. The van der Waals surface area contributed by atoms with E-state index < -0.39 is 10.2 Å². The van der Waals surface area contributed by atoms with Crippen LogP contribution in [0, 0.1) is 0 Å².